The minimum atomic E-state index is 0.157. The van der Waals surface area contributed by atoms with E-state index in [0.29, 0.717) is 11.8 Å². The molecule has 6 nitrogen and oxygen atoms in total. The number of aromatic nitrogens is 3. The van der Waals surface area contributed by atoms with Gasteiger partial charge in [-0.15, -0.1) is 0 Å². The Kier molecular flexibility index (Phi) is 5.25. The van der Waals surface area contributed by atoms with Gasteiger partial charge in [0.1, 0.15) is 0 Å². The molecule has 0 saturated carbocycles. The number of pyridine rings is 1. The summed E-state index contributed by atoms with van der Waals surface area (Å²) in [6, 6.07) is 4.01. The van der Waals surface area contributed by atoms with Crippen molar-refractivity contribution in [1.29, 1.82) is 0 Å². The van der Waals surface area contributed by atoms with E-state index >= 15 is 0 Å². The van der Waals surface area contributed by atoms with Gasteiger partial charge in [0.05, 0.1) is 19.4 Å². The fourth-order valence-electron chi connectivity index (χ4n) is 3.11. The molecule has 2 atom stereocenters. The Balaban J connectivity index is 1.48. The van der Waals surface area contributed by atoms with E-state index in [1.54, 1.807) is 13.3 Å². The predicted octanol–water partition coefficient (Wildman–Crippen LogP) is 1.73. The lowest BCUT2D eigenvalue weighted by Gasteiger charge is -2.18. The third kappa shape index (κ3) is 3.89. The highest BCUT2D eigenvalue weighted by atomic mass is 16.5. The maximum Gasteiger partial charge on any atom is 0.216 e. The summed E-state index contributed by atoms with van der Waals surface area (Å²) in [4.78, 5) is 4.23. The summed E-state index contributed by atoms with van der Waals surface area (Å²) in [6.07, 6.45) is 7.85. The van der Waals surface area contributed by atoms with Crippen LogP contribution in [0.2, 0.25) is 0 Å². The first-order valence-electron chi connectivity index (χ1n) is 8.06. The summed E-state index contributed by atoms with van der Waals surface area (Å²) in [6.45, 7) is 2.67. The van der Waals surface area contributed by atoms with Crippen molar-refractivity contribution in [3.63, 3.8) is 0 Å². The van der Waals surface area contributed by atoms with E-state index in [2.05, 4.69) is 21.5 Å². The molecule has 6 heteroatoms. The zero-order valence-electron chi connectivity index (χ0n) is 13.7. The molecule has 0 unspecified atom stereocenters. The van der Waals surface area contributed by atoms with Crippen LogP contribution in [0.15, 0.2) is 30.7 Å². The third-order valence-corrected chi connectivity index (χ3v) is 4.29. The number of methoxy groups -OCH3 is 1. The van der Waals surface area contributed by atoms with E-state index in [4.69, 9.17) is 9.47 Å². The van der Waals surface area contributed by atoms with Crippen molar-refractivity contribution in [2.75, 3.05) is 26.8 Å². The van der Waals surface area contributed by atoms with Gasteiger partial charge in [0.15, 0.2) is 0 Å². The Hall–Kier alpha value is -1.92. The van der Waals surface area contributed by atoms with E-state index < -0.39 is 0 Å². The Morgan fingerprint density at radius 3 is 3.17 bits per heavy atom. The van der Waals surface area contributed by atoms with Gasteiger partial charge in [0.25, 0.3) is 0 Å². The topological polar surface area (TPSA) is 61.2 Å². The molecular weight excluding hydrogens is 292 g/mol. The van der Waals surface area contributed by atoms with Crippen molar-refractivity contribution in [2.45, 2.75) is 18.9 Å². The Bertz CT molecular complexity index is 629. The second-order valence-electron chi connectivity index (χ2n) is 5.91. The average molecular weight is 316 g/mol. The third-order valence-electron chi connectivity index (χ3n) is 4.29. The van der Waals surface area contributed by atoms with Gasteiger partial charge < -0.3 is 14.8 Å². The zero-order valence-corrected chi connectivity index (χ0v) is 13.7. The van der Waals surface area contributed by atoms with Gasteiger partial charge in [-0.2, -0.15) is 5.10 Å². The van der Waals surface area contributed by atoms with E-state index in [0.717, 1.165) is 38.1 Å². The first-order valence-corrected chi connectivity index (χ1v) is 8.06. The van der Waals surface area contributed by atoms with Gasteiger partial charge in [-0.3, -0.25) is 4.68 Å². The van der Waals surface area contributed by atoms with Crippen LogP contribution in [-0.2, 0) is 18.2 Å². The zero-order chi connectivity index (χ0) is 16.1. The van der Waals surface area contributed by atoms with Crippen molar-refractivity contribution in [3.8, 4) is 5.88 Å². The molecule has 2 aromatic heterocycles. The van der Waals surface area contributed by atoms with Crippen LogP contribution >= 0.6 is 0 Å². The highest BCUT2D eigenvalue weighted by Gasteiger charge is 2.30. The molecule has 1 fully saturated rings. The first-order chi connectivity index (χ1) is 11.3. The second-order valence-corrected chi connectivity index (χ2v) is 5.91. The Morgan fingerprint density at radius 2 is 2.39 bits per heavy atom. The van der Waals surface area contributed by atoms with Gasteiger partial charge in [-0.25, -0.2) is 4.98 Å². The van der Waals surface area contributed by atoms with E-state index in [1.807, 2.05) is 30.2 Å². The number of nitrogens with zero attached hydrogens (tertiary/aromatic N) is 3. The van der Waals surface area contributed by atoms with Gasteiger partial charge in [0, 0.05) is 49.6 Å². The minimum Gasteiger partial charge on any atom is -0.481 e. The first kappa shape index (κ1) is 16.0. The molecule has 0 aromatic carbocycles. The number of nitrogens with one attached hydrogen (secondary N) is 1. The van der Waals surface area contributed by atoms with Gasteiger partial charge >= 0.3 is 0 Å². The van der Waals surface area contributed by atoms with Crippen LogP contribution in [0.3, 0.4) is 0 Å². The van der Waals surface area contributed by atoms with Crippen LogP contribution < -0.4 is 10.1 Å². The molecule has 2 aromatic rings. The Morgan fingerprint density at radius 1 is 1.48 bits per heavy atom. The van der Waals surface area contributed by atoms with Crippen molar-refractivity contribution < 1.29 is 9.47 Å². The molecule has 1 aliphatic heterocycles. The summed E-state index contributed by atoms with van der Waals surface area (Å²) < 4.78 is 13.0. The lowest BCUT2D eigenvalue weighted by atomic mass is 9.97. The maximum absolute atomic E-state index is 5.89. The number of hydrogen-bond donors (Lipinski definition) is 1. The molecule has 3 rings (SSSR count). The fraction of sp³-hybridized carbons (Fsp3) is 0.529. The summed E-state index contributed by atoms with van der Waals surface area (Å²) in [5, 5.41) is 7.79. The molecule has 0 amide bonds. The molecular formula is C17H24N4O2. The number of hydrogen-bond acceptors (Lipinski definition) is 5. The van der Waals surface area contributed by atoms with Crippen molar-refractivity contribution >= 4 is 0 Å². The molecule has 124 valence electrons. The lowest BCUT2D eigenvalue weighted by Crippen LogP contribution is -2.26. The molecule has 1 saturated heterocycles. The molecule has 0 radical (unpaired) electrons. The quantitative estimate of drug-likeness (QED) is 0.788. The van der Waals surface area contributed by atoms with Crippen molar-refractivity contribution in [3.05, 3.63) is 41.9 Å². The SMILES string of the molecule is COc1ncccc1CCNC[C@H]1CCO[C@@H]1c1cnn(C)c1. The smallest absolute Gasteiger partial charge is 0.216 e. The van der Waals surface area contributed by atoms with Gasteiger partial charge in [-0.05, 0) is 25.5 Å². The van der Waals surface area contributed by atoms with Gasteiger partial charge in [0.2, 0.25) is 5.88 Å². The van der Waals surface area contributed by atoms with E-state index in [9.17, 15) is 0 Å². The van der Waals surface area contributed by atoms with Crippen LogP contribution in [0.1, 0.15) is 23.7 Å². The predicted molar refractivity (Wildman–Crippen MR) is 87.4 cm³/mol. The summed E-state index contributed by atoms with van der Waals surface area (Å²) in [5.41, 5.74) is 2.31. The second kappa shape index (κ2) is 7.57. The van der Waals surface area contributed by atoms with Crippen LogP contribution in [0, 0.1) is 5.92 Å². The molecule has 1 aliphatic rings. The number of rotatable bonds is 7. The number of aryl methyl sites for hydroxylation is 1. The fourth-order valence-corrected chi connectivity index (χ4v) is 3.11. The summed E-state index contributed by atoms with van der Waals surface area (Å²) in [5.74, 6) is 1.21. The highest BCUT2D eigenvalue weighted by molar-refractivity contribution is 5.25. The normalized spacial score (nSPS) is 20.8. The maximum atomic E-state index is 5.89. The highest BCUT2D eigenvalue weighted by Crippen LogP contribution is 2.33. The molecule has 23 heavy (non-hydrogen) atoms. The monoisotopic (exact) mass is 316 g/mol. The van der Waals surface area contributed by atoms with Crippen LogP contribution in [0.25, 0.3) is 0 Å². The van der Waals surface area contributed by atoms with Crippen LogP contribution in [-0.4, -0.2) is 41.6 Å². The van der Waals surface area contributed by atoms with Crippen molar-refractivity contribution in [2.24, 2.45) is 13.0 Å². The summed E-state index contributed by atoms with van der Waals surface area (Å²) >= 11 is 0. The van der Waals surface area contributed by atoms with Crippen LogP contribution in [0.5, 0.6) is 5.88 Å². The van der Waals surface area contributed by atoms with Crippen molar-refractivity contribution in [1.82, 2.24) is 20.1 Å². The summed E-state index contributed by atoms with van der Waals surface area (Å²) in [7, 11) is 3.60. The van der Waals surface area contributed by atoms with Crippen LogP contribution in [0.4, 0.5) is 0 Å². The van der Waals surface area contributed by atoms with E-state index in [1.165, 1.54) is 5.56 Å². The Labute approximate surface area is 136 Å². The molecule has 1 N–H and O–H groups in total. The van der Waals surface area contributed by atoms with Gasteiger partial charge in [-0.1, -0.05) is 6.07 Å². The lowest BCUT2D eigenvalue weighted by molar-refractivity contribution is 0.0905. The number of ether oxygens (including phenoxy) is 2. The molecule has 0 spiro atoms. The standard InChI is InChI=1S/C17H24N4O2/c1-21-12-15(11-20-21)16-14(6-9-23-16)10-18-8-5-13-4-3-7-19-17(13)22-2/h3-4,7,11-12,14,16,18H,5-6,8-10H2,1-2H3/t14-,16+/m1/s1. The molecule has 0 bridgehead atoms. The molecule has 0 aliphatic carbocycles. The minimum absolute atomic E-state index is 0.157. The van der Waals surface area contributed by atoms with E-state index in [-0.39, 0.29) is 6.10 Å². The molecule has 3 heterocycles. The largest absolute Gasteiger partial charge is 0.481 e. The average Bonchev–Trinajstić information content (AvgIpc) is 3.20.